The standard InChI is InChI=1S/C17H27N3/c1-11(2)16(18)15-3-4-19-20(15)17-8-12-5-13(9-17)7-14(6-12)10-17/h3-4,11-14,16H,5-10,18H2,1-2H3. The highest BCUT2D eigenvalue weighted by atomic mass is 15.3. The Balaban J connectivity index is 1.73. The van der Waals surface area contributed by atoms with Crippen LogP contribution in [0.1, 0.15) is 64.1 Å². The third-order valence-corrected chi connectivity index (χ3v) is 6.19. The first-order valence-electron chi connectivity index (χ1n) is 8.37. The van der Waals surface area contributed by atoms with Crippen molar-refractivity contribution in [1.82, 2.24) is 9.78 Å². The molecule has 0 spiro atoms. The molecule has 20 heavy (non-hydrogen) atoms. The van der Waals surface area contributed by atoms with Gasteiger partial charge in [0.1, 0.15) is 0 Å². The van der Waals surface area contributed by atoms with Gasteiger partial charge in [0.2, 0.25) is 0 Å². The smallest absolute Gasteiger partial charge is 0.0639 e. The average molecular weight is 273 g/mol. The van der Waals surface area contributed by atoms with Crippen LogP contribution < -0.4 is 5.73 Å². The Bertz CT molecular complexity index is 467. The zero-order valence-corrected chi connectivity index (χ0v) is 12.8. The van der Waals surface area contributed by atoms with Crippen molar-refractivity contribution in [2.24, 2.45) is 29.4 Å². The zero-order valence-electron chi connectivity index (χ0n) is 12.8. The van der Waals surface area contributed by atoms with Gasteiger partial charge in [-0.25, -0.2) is 0 Å². The van der Waals surface area contributed by atoms with E-state index in [1.807, 2.05) is 6.20 Å². The summed E-state index contributed by atoms with van der Waals surface area (Å²) in [6, 6.07) is 2.27. The number of nitrogens with zero attached hydrogens (tertiary/aromatic N) is 2. The van der Waals surface area contributed by atoms with E-state index in [0.29, 0.717) is 11.5 Å². The van der Waals surface area contributed by atoms with Gasteiger partial charge in [0.15, 0.2) is 0 Å². The average Bonchev–Trinajstić information content (AvgIpc) is 2.85. The number of aromatic nitrogens is 2. The van der Waals surface area contributed by atoms with Crippen molar-refractivity contribution in [3.63, 3.8) is 0 Å². The van der Waals surface area contributed by atoms with Gasteiger partial charge in [0.25, 0.3) is 0 Å². The van der Waals surface area contributed by atoms with E-state index in [4.69, 9.17) is 10.8 Å². The highest BCUT2D eigenvalue weighted by Crippen LogP contribution is 2.59. The quantitative estimate of drug-likeness (QED) is 0.916. The summed E-state index contributed by atoms with van der Waals surface area (Å²) in [7, 11) is 0. The Morgan fingerprint density at radius 2 is 1.70 bits per heavy atom. The molecular weight excluding hydrogens is 246 g/mol. The molecule has 1 atom stereocenters. The molecular formula is C17H27N3. The van der Waals surface area contributed by atoms with E-state index >= 15 is 0 Å². The number of nitrogens with two attached hydrogens (primary N) is 1. The fraction of sp³-hybridized carbons (Fsp3) is 0.824. The van der Waals surface area contributed by atoms with Crippen LogP contribution in [0.4, 0.5) is 0 Å². The van der Waals surface area contributed by atoms with Crippen LogP contribution in [0.2, 0.25) is 0 Å². The third kappa shape index (κ3) is 1.78. The highest BCUT2D eigenvalue weighted by Gasteiger charge is 2.53. The summed E-state index contributed by atoms with van der Waals surface area (Å²) >= 11 is 0. The number of hydrogen-bond donors (Lipinski definition) is 1. The molecule has 0 aromatic carbocycles. The normalized spacial score (nSPS) is 40.5. The fourth-order valence-electron chi connectivity index (χ4n) is 5.63. The number of hydrogen-bond acceptors (Lipinski definition) is 2. The molecule has 3 heteroatoms. The van der Waals surface area contributed by atoms with Crippen LogP contribution in [0.5, 0.6) is 0 Å². The summed E-state index contributed by atoms with van der Waals surface area (Å²) in [5.41, 5.74) is 8.01. The Morgan fingerprint density at radius 3 is 2.20 bits per heavy atom. The first kappa shape index (κ1) is 12.9. The molecule has 4 bridgehead atoms. The lowest BCUT2D eigenvalue weighted by Gasteiger charge is -2.57. The molecule has 4 aliphatic rings. The highest BCUT2D eigenvalue weighted by molar-refractivity contribution is 5.14. The summed E-state index contributed by atoms with van der Waals surface area (Å²) in [5, 5.41) is 4.75. The molecule has 0 amide bonds. The minimum absolute atomic E-state index is 0.116. The molecule has 3 nitrogen and oxygen atoms in total. The van der Waals surface area contributed by atoms with E-state index in [1.165, 1.54) is 44.2 Å². The summed E-state index contributed by atoms with van der Waals surface area (Å²) in [6.45, 7) is 4.42. The van der Waals surface area contributed by atoms with Crippen molar-refractivity contribution in [2.75, 3.05) is 0 Å². The molecule has 0 radical (unpaired) electrons. The van der Waals surface area contributed by atoms with Crippen LogP contribution in [0, 0.1) is 23.7 Å². The van der Waals surface area contributed by atoms with Gasteiger partial charge in [-0.15, -0.1) is 0 Å². The maximum absolute atomic E-state index is 6.44. The maximum Gasteiger partial charge on any atom is 0.0639 e. The van der Waals surface area contributed by atoms with Gasteiger partial charge in [-0.3, -0.25) is 4.68 Å². The van der Waals surface area contributed by atoms with Crippen molar-refractivity contribution in [2.45, 2.75) is 64.0 Å². The first-order chi connectivity index (χ1) is 9.57. The molecule has 1 aromatic heterocycles. The third-order valence-electron chi connectivity index (χ3n) is 6.19. The molecule has 4 saturated carbocycles. The molecule has 1 unspecified atom stereocenters. The van der Waals surface area contributed by atoms with Crippen LogP contribution in [0.3, 0.4) is 0 Å². The second-order valence-corrected chi connectivity index (χ2v) is 8.08. The predicted octanol–water partition coefficient (Wildman–Crippen LogP) is 3.46. The van der Waals surface area contributed by atoms with Crippen molar-refractivity contribution in [3.05, 3.63) is 18.0 Å². The van der Waals surface area contributed by atoms with E-state index in [0.717, 1.165) is 17.8 Å². The van der Waals surface area contributed by atoms with E-state index in [9.17, 15) is 0 Å². The lowest BCUT2D eigenvalue weighted by atomic mass is 9.53. The molecule has 1 heterocycles. The molecule has 4 fully saturated rings. The van der Waals surface area contributed by atoms with Crippen molar-refractivity contribution in [1.29, 1.82) is 0 Å². The Morgan fingerprint density at radius 1 is 1.15 bits per heavy atom. The van der Waals surface area contributed by atoms with Gasteiger partial charge in [0, 0.05) is 12.2 Å². The Labute approximate surface area is 121 Å². The Kier molecular flexibility index (Phi) is 2.79. The predicted molar refractivity (Wildman–Crippen MR) is 80.1 cm³/mol. The topological polar surface area (TPSA) is 43.8 Å². The molecule has 2 N–H and O–H groups in total. The monoisotopic (exact) mass is 273 g/mol. The second kappa shape index (κ2) is 4.33. The largest absolute Gasteiger partial charge is 0.322 e. The zero-order chi connectivity index (χ0) is 13.9. The van der Waals surface area contributed by atoms with Crippen LogP contribution in [-0.2, 0) is 5.54 Å². The summed E-state index contributed by atoms with van der Waals surface area (Å²) in [4.78, 5) is 0. The second-order valence-electron chi connectivity index (χ2n) is 8.08. The minimum Gasteiger partial charge on any atom is -0.322 e. The fourth-order valence-corrected chi connectivity index (χ4v) is 5.63. The lowest BCUT2D eigenvalue weighted by Crippen LogP contribution is -2.53. The minimum atomic E-state index is 0.116. The van der Waals surface area contributed by atoms with E-state index in [2.05, 4.69) is 24.6 Å². The SMILES string of the molecule is CC(C)C(N)c1ccnn1C12CC3CC(CC(C3)C1)C2. The molecule has 110 valence electrons. The molecule has 5 rings (SSSR count). The van der Waals surface area contributed by atoms with E-state index in [1.54, 1.807) is 0 Å². The van der Waals surface area contributed by atoms with E-state index < -0.39 is 0 Å². The van der Waals surface area contributed by atoms with Crippen LogP contribution in [-0.4, -0.2) is 9.78 Å². The molecule has 4 aliphatic carbocycles. The van der Waals surface area contributed by atoms with Crippen LogP contribution in [0.25, 0.3) is 0 Å². The van der Waals surface area contributed by atoms with Crippen molar-refractivity contribution >= 4 is 0 Å². The van der Waals surface area contributed by atoms with Gasteiger partial charge in [-0.05, 0) is 68.3 Å². The van der Waals surface area contributed by atoms with Gasteiger partial charge in [-0.2, -0.15) is 5.10 Å². The van der Waals surface area contributed by atoms with Gasteiger partial charge >= 0.3 is 0 Å². The van der Waals surface area contributed by atoms with Gasteiger partial charge in [-0.1, -0.05) is 13.8 Å². The molecule has 1 aromatic rings. The first-order valence-corrected chi connectivity index (χ1v) is 8.37. The summed E-state index contributed by atoms with van der Waals surface area (Å²) in [6.07, 6.45) is 10.4. The molecule has 0 aliphatic heterocycles. The number of rotatable bonds is 3. The van der Waals surface area contributed by atoms with Crippen LogP contribution >= 0.6 is 0 Å². The van der Waals surface area contributed by atoms with Gasteiger partial charge < -0.3 is 5.73 Å². The lowest BCUT2D eigenvalue weighted by molar-refractivity contribution is -0.0514. The van der Waals surface area contributed by atoms with E-state index in [-0.39, 0.29) is 6.04 Å². The molecule has 0 saturated heterocycles. The summed E-state index contributed by atoms with van der Waals surface area (Å²) < 4.78 is 2.36. The summed E-state index contributed by atoms with van der Waals surface area (Å²) in [5.74, 6) is 3.33. The Hall–Kier alpha value is -0.830. The van der Waals surface area contributed by atoms with Crippen molar-refractivity contribution < 1.29 is 0 Å². The van der Waals surface area contributed by atoms with Crippen molar-refractivity contribution in [3.8, 4) is 0 Å². The van der Waals surface area contributed by atoms with Gasteiger partial charge in [0.05, 0.1) is 11.2 Å². The maximum atomic E-state index is 6.44. The van der Waals surface area contributed by atoms with Crippen LogP contribution in [0.15, 0.2) is 12.3 Å².